The zero-order valence-electron chi connectivity index (χ0n) is 14.8. The van der Waals surface area contributed by atoms with Crippen LogP contribution >= 0.6 is 0 Å². The van der Waals surface area contributed by atoms with E-state index in [4.69, 9.17) is 10.2 Å². The molecule has 2 unspecified atom stereocenters. The first kappa shape index (κ1) is 15.5. The number of imidazole rings is 1. The van der Waals surface area contributed by atoms with E-state index in [0.29, 0.717) is 17.5 Å². The average molecular weight is 342 g/mol. The first-order chi connectivity index (χ1) is 12.8. The molecule has 130 valence electrons. The molecule has 0 bridgehead atoms. The number of hydrogen-bond acceptors (Lipinski definition) is 3. The van der Waals surface area contributed by atoms with Crippen LogP contribution in [-0.2, 0) is 19.4 Å². The van der Waals surface area contributed by atoms with Gasteiger partial charge < -0.3 is 9.47 Å². The van der Waals surface area contributed by atoms with Crippen molar-refractivity contribution in [1.82, 2.24) is 14.5 Å². The third-order valence-corrected chi connectivity index (χ3v) is 5.96. The van der Waals surface area contributed by atoms with E-state index in [0.717, 1.165) is 25.9 Å². The minimum Gasteiger partial charge on any atom is -0.372 e. The smallest absolute Gasteiger partial charge is 0.111 e. The van der Waals surface area contributed by atoms with Crippen molar-refractivity contribution in [3.8, 4) is 6.07 Å². The molecule has 0 fully saturated rings. The summed E-state index contributed by atoms with van der Waals surface area (Å²) < 4.78 is 2.44. The Bertz CT molecular complexity index is 926. The average Bonchev–Trinajstić information content (AvgIpc) is 2.92. The van der Waals surface area contributed by atoms with Gasteiger partial charge in [0.25, 0.3) is 0 Å². The molecule has 4 heteroatoms. The van der Waals surface area contributed by atoms with Crippen LogP contribution in [0.5, 0.6) is 0 Å². The third-order valence-electron chi connectivity index (χ3n) is 5.96. The van der Waals surface area contributed by atoms with E-state index in [1.165, 1.54) is 35.6 Å². The third kappa shape index (κ3) is 2.55. The summed E-state index contributed by atoms with van der Waals surface area (Å²) in [4.78, 5) is 7.56. The summed E-state index contributed by atoms with van der Waals surface area (Å²) in [6.07, 6.45) is 13.6. The van der Waals surface area contributed by atoms with Crippen molar-refractivity contribution in [2.75, 3.05) is 6.54 Å². The number of benzene rings is 1. The van der Waals surface area contributed by atoms with Crippen molar-refractivity contribution >= 4 is 6.08 Å². The highest BCUT2D eigenvalue weighted by Gasteiger charge is 2.28. The summed E-state index contributed by atoms with van der Waals surface area (Å²) in [5.41, 5.74) is 4.51. The van der Waals surface area contributed by atoms with E-state index in [9.17, 15) is 0 Å². The first-order valence-electron chi connectivity index (χ1n) is 9.51. The summed E-state index contributed by atoms with van der Waals surface area (Å²) in [6, 6.07) is 10.8. The lowest BCUT2D eigenvalue weighted by Gasteiger charge is -2.31. The highest BCUT2D eigenvalue weighted by molar-refractivity contribution is 5.55. The number of aromatic nitrogens is 2. The molecule has 0 saturated heterocycles. The van der Waals surface area contributed by atoms with Crippen LogP contribution in [0.15, 0.2) is 42.6 Å². The largest absolute Gasteiger partial charge is 0.372 e. The molecular formula is C22H22N4. The Kier molecular flexibility index (Phi) is 3.67. The van der Waals surface area contributed by atoms with Crippen LogP contribution in [0.2, 0.25) is 0 Å². The Balaban J connectivity index is 1.42. The summed E-state index contributed by atoms with van der Waals surface area (Å²) in [5, 5.41) is 8.98. The summed E-state index contributed by atoms with van der Waals surface area (Å²) in [7, 11) is 0. The zero-order chi connectivity index (χ0) is 17.5. The van der Waals surface area contributed by atoms with Gasteiger partial charge in [-0.15, -0.1) is 0 Å². The lowest BCUT2D eigenvalue weighted by Crippen LogP contribution is -2.34. The van der Waals surface area contributed by atoms with Crippen molar-refractivity contribution in [2.45, 2.75) is 44.2 Å². The number of nitrogens with zero attached hydrogens (tertiary/aromatic N) is 4. The first-order valence-corrected chi connectivity index (χ1v) is 9.51. The van der Waals surface area contributed by atoms with Crippen molar-refractivity contribution in [1.29, 1.82) is 5.26 Å². The second-order valence-electron chi connectivity index (χ2n) is 7.47. The molecule has 0 saturated carbocycles. The second-order valence-corrected chi connectivity index (χ2v) is 7.47. The van der Waals surface area contributed by atoms with E-state index in [1.54, 1.807) is 0 Å². The van der Waals surface area contributed by atoms with Crippen LogP contribution in [0, 0.1) is 11.3 Å². The normalized spacial score (nSPS) is 23.6. The molecule has 3 aliphatic rings. The predicted molar refractivity (Wildman–Crippen MR) is 101 cm³/mol. The SMILES string of the molecule is N#Cc1ccc(C2C=Cc3c(nc4n3CCN3C=CCCC3C4)C2)cc1. The number of fused-ring (bicyclic) bond motifs is 4. The molecule has 0 spiro atoms. The van der Waals surface area contributed by atoms with Gasteiger partial charge in [-0.1, -0.05) is 24.3 Å². The van der Waals surface area contributed by atoms with Gasteiger partial charge in [0.15, 0.2) is 0 Å². The highest BCUT2D eigenvalue weighted by atomic mass is 15.2. The number of rotatable bonds is 1. The van der Waals surface area contributed by atoms with E-state index in [2.05, 4.69) is 52.1 Å². The van der Waals surface area contributed by atoms with Gasteiger partial charge in [0.2, 0.25) is 0 Å². The quantitative estimate of drug-likeness (QED) is 0.795. The number of allylic oxidation sites excluding steroid dienone is 2. The predicted octanol–water partition coefficient (Wildman–Crippen LogP) is 3.64. The van der Waals surface area contributed by atoms with Crippen LogP contribution in [0.4, 0.5) is 0 Å². The maximum atomic E-state index is 8.98. The van der Waals surface area contributed by atoms with Crippen LogP contribution in [0.3, 0.4) is 0 Å². The Morgan fingerprint density at radius 2 is 2.00 bits per heavy atom. The molecule has 0 amide bonds. The Labute approximate surface area is 154 Å². The van der Waals surface area contributed by atoms with Gasteiger partial charge in [-0.2, -0.15) is 5.26 Å². The van der Waals surface area contributed by atoms with Crippen LogP contribution in [0.1, 0.15) is 47.1 Å². The van der Waals surface area contributed by atoms with Crippen molar-refractivity contribution < 1.29 is 0 Å². The van der Waals surface area contributed by atoms with Crippen LogP contribution in [-0.4, -0.2) is 27.0 Å². The minimum absolute atomic E-state index is 0.350. The Morgan fingerprint density at radius 1 is 1.12 bits per heavy atom. The van der Waals surface area contributed by atoms with Gasteiger partial charge in [0.05, 0.1) is 23.0 Å². The monoisotopic (exact) mass is 342 g/mol. The summed E-state index contributed by atoms with van der Waals surface area (Å²) in [6.45, 7) is 2.09. The van der Waals surface area contributed by atoms with Crippen molar-refractivity contribution in [2.24, 2.45) is 0 Å². The molecule has 2 aliphatic heterocycles. The Morgan fingerprint density at radius 3 is 2.85 bits per heavy atom. The molecule has 0 radical (unpaired) electrons. The second kappa shape index (κ2) is 6.17. The maximum Gasteiger partial charge on any atom is 0.111 e. The highest BCUT2D eigenvalue weighted by Crippen LogP contribution is 2.32. The summed E-state index contributed by atoms with van der Waals surface area (Å²) >= 11 is 0. The fraction of sp³-hybridized carbons (Fsp3) is 0.364. The summed E-state index contributed by atoms with van der Waals surface area (Å²) in [5.74, 6) is 1.60. The number of hydrogen-bond donors (Lipinski definition) is 0. The lowest BCUT2D eigenvalue weighted by atomic mass is 9.89. The molecule has 5 rings (SSSR count). The van der Waals surface area contributed by atoms with Gasteiger partial charge in [-0.3, -0.25) is 0 Å². The fourth-order valence-electron chi connectivity index (χ4n) is 4.52. The van der Waals surface area contributed by atoms with Gasteiger partial charge in [0, 0.05) is 37.9 Å². The Hall–Kier alpha value is -2.80. The van der Waals surface area contributed by atoms with E-state index < -0.39 is 0 Å². The molecule has 1 aromatic carbocycles. The topological polar surface area (TPSA) is 44.9 Å². The van der Waals surface area contributed by atoms with Gasteiger partial charge in [0.1, 0.15) is 5.82 Å². The standard InChI is InChI=1S/C22H22N4/c23-15-16-4-6-17(7-5-16)18-8-9-21-20(13-18)24-22-14-19-3-1-2-10-25(19)11-12-26(21)22/h2,4-10,18-19H,1,3,11-14H2. The van der Waals surface area contributed by atoms with Crippen molar-refractivity contribution in [3.63, 3.8) is 0 Å². The van der Waals surface area contributed by atoms with Gasteiger partial charge >= 0.3 is 0 Å². The van der Waals surface area contributed by atoms with Crippen LogP contribution in [0.25, 0.3) is 6.08 Å². The molecule has 4 nitrogen and oxygen atoms in total. The minimum atomic E-state index is 0.350. The number of nitriles is 1. The molecule has 2 aromatic rings. The maximum absolute atomic E-state index is 8.98. The molecule has 1 aliphatic carbocycles. The van der Waals surface area contributed by atoms with Crippen LogP contribution < -0.4 is 0 Å². The van der Waals surface area contributed by atoms with Gasteiger partial charge in [-0.25, -0.2) is 4.98 Å². The lowest BCUT2D eigenvalue weighted by molar-refractivity contribution is 0.254. The molecule has 1 aromatic heterocycles. The molecule has 2 atom stereocenters. The van der Waals surface area contributed by atoms with E-state index in [-0.39, 0.29) is 0 Å². The van der Waals surface area contributed by atoms with Gasteiger partial charge in [-0.05, 0) is 42.8 Å². The van der Waals surface area contributed by atoms with E-state index >= 15 is 0 Å². The van der Waals surface area contributed by atoms with Crippen molar-refractivity contribution in [3.05, 3.63) is 71.0 Å². The molecule has 26 heavy (non-hydrogen) atoms. The zero-order valence-corrected chi connectivity index (χ0v) is 14.8. The molecule has 3 heterocycles. The molecular weight excluding hydrogens is 320 g/mol. The molecule has 0 N–H and O–H groups in total. The fourth-order valence-corrected chi connectivity index (χ4v) is 4.52. The van der Waals surface area contributed by atoms with E-state index in [1.807, 2.05) is 12.1 Å².